The molecule has 1 aliphatic heterocycles. The molecule has 2 rings (SSSR count). The monoisotopic (exact) mass is 166 g/mol. The van der Waals surface area contributed by atoms with Crippen LogP contribution in [-0.2, 0) is 4.74 Å². The number of alkyl halides is 1. The summed E-state index contributed by atoms with van der Waals surface area (Å²) in [4.78, 5) is 0. The lowest BCUT2D eigenvalue weighted by Crippen LogP contribution is -1.95. The highest BCUT2D eigenvalue weighted by Gasteiger charge is 2.27. The van der Waals surface area contributed by atoms with Gasteiger partial charge >= 0.3 is 0 Å². The summed E-state index contributed by atoms with van der Waals surface area (Å²) in [6, 6.07) is 9.23. The number of epoxide rings is 1. The smallest absolute Gasteiger partial charge is 0.128 e. The molecule has 0 saturated carbocycles. The van der Waals surface area contributed by atoms with Gasteiger partial charge in [-0.2, -0.15) is 0 Å². The molecule has 0 bridgehead atoms. The number of ether oxygens (including phenoxy) is 1. The van der Waals surface area contributed by atoms with E-state index in [1.165, 1.54) is 0 Å². The first-order chi connectivity index (χ1) is 5.86. The van der Waals surface area contributed by atoms with Crippen molar-refractivity contribution in [1.82, 2.24) is 0 Å². The molecule has 0 aromatic heterocycles. The largest absolute Gasteiger partial charge is 0.373 e. The Morgan fingerprint density at radius 3 is 2.67 bits per heavy atom. The van der Waals surface area contributed by atoms with Crippen LogP contribution in [0.2, 0.25) is 0 Å². The average Bonchev–Trinajstić information content (AvgIpc) is 2.90. The molecule has 12 heavy (non-hydrogen) atoms. The molecule has 2 unspecified atom stereocenters. The summed E-state index contributed by atoms with van der Waals surface area (Å²) in [5.74, 6) is 0. The van der Waals surface area contributed by atoms with Gasteiger partial charge in [-0.05, 0) is 5.56 Å². The minimum Gasteiger partial charge on any atom is -0.373 e. The van der Waals surface area contributed by atoms with E-state index >= 15 is 0 Å². The SMILES string of the molecule is FC(CC1CO1)c1ccccc1. The molecule has 2 atom stereocenters. The van der Waals surface area contributed by atoms with Gasteiger partial charge in [0.25, 0.3) is 0 Å². The summed E-state index contributed by atoms with van der Waals surface area (Å²) in [6.07, 6.45) is -0.191. The topological polar surface area (TPSA) is 12.5 Å². The molecule has 0 aliphatic carbocycles. The predicted octanol–water partition coefficient (Wildman–Crippen LogP) is 2.49. The van der Waals surface area contributed by atoms with Crippen LogP contribution in [0.3, 0.4) is 0 Å². The Bertz CT molecular complexity index is 243. The normalized spacial score (nSPS) is 23.6. The molecule has 1 fully saturated rings. The average molecular weight is 166 g/mol. The molecule has 1 saturated heterocycles. The second-order valence-corrected chi connectivity index (χ2v) is 3.07. The molecular weight excluding hydrogens is 155 g/mol. The van der Waals surface area contributed by atoms with Crippen molar-refractivity contribution in [2.75, 3.05) is 6.61 Å². The summed E-state index contributed by atoms with van der Waals surface area (Å²) in [6.45, 7) is 0.729. The van der Waals surface area contributed by atoms with Crippen LogP contribution in [0.1, 0.15) is 18.2 Å². The molecule has 0 amide bonds. The zero-order valence-electron chi connectivity index (χ0n) is 6.74. The van der Waals surface area contributed by atoms with Crippen LogP contribution in [0.5, 0.6) is 0 Å². The van der Waals surface area contributed by atoms with E-state index in [2.05, 4.69) is 0 Å². The number of hydrogen-bond donors (Lipinski definition) is 0. The van der Waals surface area contributed by atoms with Gasteiger partial charge in [-0.1, -0.05) is 30.3 Å². The van der Waals surface area contributed by atoms with Crippen LogP contribution in [0.4, 0.5) is 4.39 Å². The third-order valence-corrected chi connectivity index (χ3v) is 2.03. The Morgan fingerprint density at radius 2 is 2.08 bits per heavy atom. The fourth-order valence-electron chi connectivity index (χ4n) is 1.23. The van der Waals surface area contributed by atoms with Crippen molar-refractivity contribution in [3.05, 3.63) is 35.9 Å². The maximum Gasteiger partial charge on any atom is 0.128 e. The minimum atomic E-state index is -0.862. The zero-order chi connectivity index (χ0) is 8.39. The van der Waals surface area contributed by atoms with Crippen molar-refractivity contribution in [3.8, 4) is 0 Å². The Labute approximate surface area is 71.2 Å². The van der Waals surface area contributed by atoms with Crippen LogP contribution in [0.25, 0.3) is 0 Å². The predicted molar refractivity (Wildman–Crippen MR) is 44.6 cm³/mol. The van der Waals surface area contributed by atoms with E-state index in [-0.39, 0.29) is 6.10 Å². The van der Waals surface area contributed by atoms with E-state index in [4.69, 9.17) is 4.74 Å². The van der Waals surface area contributed by atoms with Gasteiger partial charge in [0.05, 0.1) is 12.7 Å². The molecule has 1 heterocycles. The second kappa shape index (κ2) is 3.23. The summed E-state index contributed by atoms with van der Waals surface area (Å²) in [7, 11) is 0. The molecule has 1 nitrogen and oxygen atoms in total. The molecule has 0 N–H and O–H groups in total. The maximum absolute atomic E-state index is 13.3. The Kier molecular flexibility index (Phi) is 2.09. The summed E-state index contributed by atoms with van der Waals surface area (Å²) < 4.78 is 18.3. The van der Waals surface area contributed by atoms with Gasteiger partial charge in [-0.3, -0.25) is 0 Å². The summed E-state index contributed by atoms with van der Waals surface area (Å²) in [5, 5.41) is 0. The molecular formula is C10H11FO. The fourth-order valence-corrected chi connectivity index (χ4v) is 1.23. The second-order valence-electron chi connectivity index (χ2n) is 3.07. The van der Waals surface area contributed by atoms with Crippen molar-refractivity contribution in [2.45, 2.75) is 18.7 Å². The standard InChI is InChI=1S/C10H11FO/c11-10(6-9-7-12-9)8-4-2-1-3-5-8/h1-5,9-10H,6-7H2. The van der Waals surface area contributed by atoms with E-state index in [0.29, 0.717) is 6.42 Å². The minimum absolute atomic E-state index is 0.167. The van der Waals surface area contributed by atoms with Crippen LogP contribution >= 0.6 is 0 Å². The molecule has 0 spiro atoms. The fraction of sp³-hybridized carbons (Fsp3) is 0.400. The van der Waals surface area contributed by atoms with E-state index < -0.39 is 6.17 Å². The molecule has 1 aliphatic rings. The Morgan fingerprint density at radius 1 is 1.42 bits per heavy atom. The molecule has 1 aromatic carbocycles. The van der Waals surface area contributed by atoms with Crippen molar-refractivity contribution in [3.63, 3.8) is 0 Å². The highest BCUT2D eigenvalue weighted by atomic mass is 19.1. The van der Waals surface area contributed by atoms with E-state index in [9.17, 15) is 4.39 Å². The first-order valence-corrected chi connectivity index (χ1v) is 4.17. The zero-order valence-corrected chi connectivity index (χ0v) is 6.74. The van der Waals surface area contributed by atoms with Crippen LogP contribution in [0, 0.1) is 0 Å². The first-order valence-electron chi connectivity index (χ1n) is 4.17. The van der Waals surface area contributed by atoms with Gasteiger partial charge in [0.1, 0.15) is 6.17 Å². The number of halogens is 1. The Balaban J connectivity index is 1.98. The lowest BCUT2D eigenvalue weighted by Gasteiger charge is -2.05. The van der Waals surface area contributed by atoms with Gasteiger partial charge in [-0.15, -0.1) is 0 Å². The summed E-state index contributed by atoms with van der Waals surface area (Å²) >= 11 is 0. The van der Waals surface area contributed by atoms with Crippen LogP contribution < -0.4 is 0 Å². The summed E-state index contributed by atoms with van der Waals surface area (Å²) in [5.41, 5.74) is 0.757. The van der Waals surface area contributed by atoms with E-state index in [1.54, 1.807) is 0 Å². The van der Waals surface area contributed by atoms with Crippen LogP contribution in [0.15, 0.2) is 30.3 Å². The molecule has 0 radical (unpaired) electrons. The first kappa shape index (κ1) is 7.74. The van der Waals surface area contributed by atoms with Crippen molar-refractivity contribution in [2.24, 2.45) is 0 Å². The molecule has 1 aromatic rings. The van der Waals surface area contributed by atoms with Gasteiger partial charge < -0.3 is 4.74 Å². The maximum atomic E-state index is 13.3. The third kappa shape index (κ3) is 1.83. The van der Waals surface area contributed by atoms with Crippen LogP contribution in [-0.4, -0.2) is 12.7 Å². The van der Waals surface area contributed by atoms with Gasteiger partial charge in [0, 0.05) is 6.42 Å². The van der Waals surface area contributed by atoms with Crippen molar-refractivity contribution < 1.29 is 9.13 Å². The van der Waals surface area contributed by atoms with Crippen molar-refractivity contribution in [1.29, 1.82) is 0 Å². The van der Waals surface area contributed by atoms with E-state index in [0.717, 1.165) is 12.2 Å². The number of benzene rings is 1. The number of hydrogen-bond acceptors (Lipinski definition) is 1. The van der Waals surface area contributed by atoms with Crippen molar-refractivity contribution >= 4 is 0 Å². The van der Waals surface area contributed by atoms with Gasteiger partial charge in [0.15, 0.2) is 0 Å². The van der Waals surface area contributed by atoms with Gasteiger partial charge in [0.2, 0.25) is 0 Å². The molecule has 2 heteroatoms. The lowest BCUT2D eigenvalue weighted by molar-refractivity contribution is 0.280. The quantitative estimate of drug-likeness (QED) is 0.628. The lowest BCUT2D eigenvalue weighted by atomic mass is 10.1. The Hall–Kier alpha value is -0.890. The third-order valence-electron chi connectivity index (χ3n) is 2.03. The molecule has 64 valence electrons. The van der Waals surface area contributed by atoms with Gasteiger partial charge in [-0.25, -0.2) is 4.39 Å². The number of rotatable bonds is 3. The van der Waals surface area contributed by atoms with E-state index in [1.807, 2.05) is 30.3 Å². The highest BCUT2D eigenvalue weighted by Crippen LogP contribution is 2.27. The highest BCUT2D eigenvalue weighted by molar-refractivity contribution is 5.17.